The van der Waals surface area contributed by atoms with E-state index in [2.05, 4.69) is 16.6 Å². The van der Waals surface area contributed by atoms with Crippen LogP contribution in [0.15, 0.2) is 0 Å². The lowest BCUT2D eigenvalue weighted by Crippen LogP contribution is -2.44. The Morgan fingerprint density at radius 1 is 1.86 bits per heavy atom. The maximum absolute atomic E-state index is 12.7. The summed E-state index contributed by atoms with van der Waals surface area (Å²) in [6.45, 7) is 2.10. The Hall–Kier alpha value is -1.08. The van der Waals surface area contributed by atoms with Crippen molar-refractivity contribution >= 4 is 5.91 Å². The second kappa shape index (κ2) is 4.97. The Bertz CT molecular complexity index is 249. The van der Waals surface area contributed by atoms with E-state index in [-0.39, 0.29) is 24.9 Å². The standard InChI is InChI=1S/C10H15FN2O/c1-3-4-7(2)13-10(14)9-5-8(11)6-12-9/h1,7-9,12H,4-6H2,2H3,(H,13,14)/t7?,8-,9+/m0/s1. The molecule has 1 aliphatic heterocycles. The van der Waals surface area contributed by atoms with Gasteiger partial charge in [0.15, 0.2) is 0 Å². The largest absolute Gasteiger partial charge is 0.351 e. The number of hydrogen-bond donors (Lipinski definition) is 2. The molecule has 1 unspecified atom stereocenters. The lowest BCUT2D eigenvalue weighted by molar-refractivity contribution is -0.123. The topological polar surface area (TPSA) is 41.1 Å². The van der Waals surface area contributed by atoms with Crippen LogP contribution in [0.1, 0.15) is 19.8 Å². The van der Waals surface area contributed by atoms with Crippen molar-refractivity contribution in [3.63, 3.8) is 0 Å². The summed E-state index contributed by atoms with van der Waals surface area (Å²) in [4.78, 5) is 11.5. The van der Waals surface area contributed by atoms with Crippen molar-refractivity contribution in [2.75, 3.05) is 6.54 Å². The molecule has 1 heterocycles. The zero-order chi connectivity index (χ0) is 10.6. The number of terminal acetylenes is 1. The van der Waals surface area contributed by atoms with E-state index in [1.54, 1.807) is 0 Å². The van der Waals surface area contributed by atoms with Crippen LogP contribution in [0.2, 0.25) is 0 Å². The number of hydrogen-bond acceptors (Lipinski definition) is 2. The average molecular weight is 198 g/mol. The first-order valence-corrected chi connectivity index (χ1v) is 4.74. The van der Waals surface area contributed by atoms with Crippen molar-refractivity contribution in [3.05, 3.63) is 0 Å². The molecular formula is C10H15FN2O. The highest BCUT2D eigenvalue weighted by Gasteiger charge is 2.29. The molecule has 1 amide bonds. The molecule has 1 fully saturated rings. The van der Waals surface area contributed by atoms with Crippen LogP contribution >= 0.6 is 0 Å². The van der Waals surface area contributed by atoms with Gasteiger partial charge in [-0.3, -0.25) is 4.79 Å². The third-order valence-corrected chi connectivity index (χ3v) is 2.21. The van der Waals surface area contributed by atoms with Gasteiger partial charge in [-0.2, -0.15) is 0 Å². The van der Waals surface area contributed by atoms with Crippen LogP contribution in [-0.2, 0) is 4.79 Å². The van der Waals surface area contributed by atoms with Gasteiger partial charge < -0.3 is 10.6 Å². The van der Waals surface area contributed by atoms with E-state index < -0.39 is 12.2 Å². The van der Waals surface area contributed by atoms with Crippen molar-refractivity contribution in [2.45, 2.75) is 38.0 Å². The molecule has 1 aliphatic rings. The van der Waals surface area contributed by atoms with E-state index in [1.807, 2.05) is 6.92 Å². The van der Waals surface area contributed by atoms with Crippen molar-refractivity contribution in [1.29, 1.82) is 0 Å². The van der Waals surface area contributed by atoms with Gasteiger partial charge in [0, 0.05) is 25.4 Å². The van der Waals surface area contributed by atoms with Gasteiger partial charge in [0.2, 0.25) is 5.91 Å². The average Bonchev–Trinajstić information content (AvgIpc) is 2.52. The van der Waals surface area contributed by atoms with Crippen LogP contribution in [0.25, 0.3) is 0 Å². The minimum Gasteiger partial charge on any atom is -0.351 e. The predicted molar refractivity (Wildman–Crippen MR) is 52.4 cm³/mol. The van der Waals surface area contributed by atoms with Crippen molar-refractivity contribution in [3.8, 4) is 12.3 Å². The van der Waals surface area contributed by atoms with Crippen LogP contribution < -0.4 is 10.6 Å². The predicted octanol–water partition coefficient (Wildman–Crippen LogP) is 0.214. The van der Waals surface area contributed by atoms with Crippen LogP contribution in [0.4, 0.5) is 4.39 Å². The van der Waals surface area contributed by atoms with Gasteiger partial charge in [-0.15, -0.1) is 12.3 Å². The molecule has 4 heteroatoms. The molecular weight excluding hydrogens is 183 g/mol. The maximum atomic E-state index is 12.7. The van der Waals surface area contributed by atoms with Crippen LogP contribution in [0, 0.1) is 12.3 Å². The number of carbonyl (C=O) groups excluding carboxylic acids is 1. The summed E-state index contributed by atoms with van der Waals surface area (Å²) >= 11 is 0. The number of halogens is 1. The summed E-state index contributed by atoms with van der Waals surface area (Å²) < 4.78 is 12.7. The van der Waals surface area contributed by atoms with Gasteiger partial charge in [-0.1, -0.05) is 0 Å². The maximum Gasteiger partial charge on any atom is 0.237 e. The van der Waals surface area contributed by atoms with Crippen molar-refractivity contribution in [2.24, 2.45) is 0 Å². The Kier molecular flexibility index (Phi) is 3.90. The number of rotatable bonds is 3. The van der Waals surface area contributed by atoms with Crippen LogP contribution in [0.5, 0.6) is 0 Å². The molecule has 3 nitrogen and oxygen atoms in total. The lowest BCUT2D eigenvalue weighted by Gasteiger charge is -2.14. The molecule has 0 radical (unpaired) electrons. The lowest BCUT2D eigenvalue weighted by atomic mass is 10.1. The fourth-order valence-electron chi connectivity index (χ4n) is 1.46. The van der Waals surface area contributed by atoms with Crippen LogP contribution in [-0.4, -0.2) is 30.7 Å². The van der Waals surface area contributed by atoms with Gasteiger partial charge in [0.25, 0.3) is 0 Å². The molecule has 3 atom stereocenters. The molecule has 0 saturated carbocycles. The molecule has 0 aromatic rings. The minimum atomic E-state index is -0.909. The first kappa shape index (κ1) is 11.0. The number of alkyl halides is 1. The highest BCUT2D eigenvalue weighted by Crippen LogP contribution is 2.10. The SMILES string of the molecule is C#CCC(C)NC(=O)[C@H]1C[C@H](F)CN1. The molecule has 14 heavy (non-hydrogen) atoms. The van der Waals surface area contributed by atoms with E-state index in [1.165, 1.54) is 0 Å². The second-order valence-corrected chi connectivity index (χ2v) is 3.61. The molecule has 0 aliphatic carbocycles. The van der Waals surface area contributed by atoms with Crippen molar-refractivity contribution in [1.82, 2.24) is 10.6 Å². The van der Waals surface area contributed by atoms with Crippen molar-refractivity contribution < 1.29 is 9.18 Å². The third-order valence-electron chi connectivity index (χ3n) is 2.21. The summed E-state index contributed by atoms with van der Waals surface area (Å²) in [5, 5.41) is 5.55. The first-order valence-electron chi connectivity index (χ1n) is 4.74. The molecule has 78 valence electrons. The molecule has 0 spiro atoms. The fourth-order valence-corrected chi connectivity index (χ4v) is 1.46. The minimum absolute atomic E-state index is 0.0482. The van der Waals surface area contributed by atoms with Gasteiger partial charge in [-0.05, 0) is 6.92 Å². The number of carbonyl (C=O) groups is 1. The van der Waals surface area contributed by atoms with Crippen LogP contribution in [0.3, 0.4) is 0 Å². The smallest absolute Gasteiger partial charge is 0.237 e. The van der Waals surface area contributed by atoms with E-state index in [0.29, 0.717) is 6.42 Å². The Morgan fingerprint density at radius 2 is 2.57 bits per heavy atom. The molecule has 1 saturated heterocycles. The highest BCUT2D eigenvalue weighted by molar-refractivity contribution is 5.82. The number of amides is 1. The zero-order valence-electron chi connectivity index (χ0n) is 8.22. The molecule has 0 aromatic carbocycles. The summed E-state index contributed by atoms with van der Waals surface area (Å²) in [7, 11) is 0. The molecule has 0 bridgehead atoms. The van der Waals surface area contributed by atoms with E-state index in [9.17, 15) is 9.18 Å². The Labute approximate surface area is 83.4 Å². The molecule has 2 N–H and O–H groups in total. The monoisotopic (exact) mass is 198 g/mol. The van der Waals surface area contributed by atoms with E-state index in [4.69, 9.17) is 6.42 Å². The summed E-state index contributed by atoms with van der Waals surface area (Å²) in [6.07, 6.45) is 4.95. The summed E-state index contributed by atoms with van der Waals surface area (Å²) in [6, 6.07) is -0.446. The highest BCUT2D eigenvalue weighted by atomic mass is 19.1. The van der Waals surface area contributed by atoms with Gasteiger partial charge >= 0.3 is 0 Å². The Balaban J connectivity index is 2.32. The summed E-state index contributed by atoms with van der Waals surface area (Å²) in [5.41, 5.74) is 0. The molecule has 1 rings (SSSR count). The van der Waals surface area contributed by atoms with E-state index in [0.717, 1.165) is 0 Å². The summed E-state index contributed by atoms with van der Waals surface area (Å²) in [5.74, 6) is 2.30. The van der Waals surface area contributed by atoms with Gasteiger partial charge in [-0.25, -0.2) is 4.39 Å². The quantitative estimate of drug-likeness (QED) is 0.637. The zero-order valence-corrected chi connectivity index (χ0v) is 8.22. The normalized spacial score (nSPS) is 28.1. The fraction of sp³-hybridized carbons (Fsp3) is 0.700. The van der Waals surface area contributed by atoms with Gasteiger partial charge in [0.05, 0.1) is 6.04 Å². The van der Waals surface area contributed by atoms with E-state index >= 15 is 0 Å². The Morgan fingerprint density at radius 3 is 3.07 bits per heavy atom. The molecule has 0 aromatic heterocycles. The number of nitrogens with one attached hydrogen (secondary N) is 2. The van der Waals surface area contributed by atoms with Gasteiger partial charge in [0.1, 0.15) is 6.17 Å². The first-order chi connectivity index (χ1) is 6.63. The third kappa shape index (κ3) is 3.00. The second-order valence-electron chi connectivity index (χ2n) is 3.61.